The Morgan fingerprint density at radius 1 is 1.79 bits per heavy atom. The predicted octanol–water partition coefficient (Wildman–Crippen LogP) is -1.08. The fraction of sp³-hybridized carbons (Fsp3) is 0.778. The van der Waals surface area contributed by atoms with Crippen LogP contribution in [0.2, 0.25) is 0 Å². The van der Waals surface area contributed by atoms with Crippen LogP contribution < -0.4 is 10.6 Å². The molecule has 0 spiro atoms. The van der Waals surface area contributed by atoms with Gasteiger partial charge in [-0.15, -0.1) is 0 Å². The molecule has 1 fully saturated rings. The number of piperazine rings is 1. The van der Waals surface area contributed by atoms with E-state index in [-0.39, 0.29) is 12.5 Å². The summed E-state index contributed by atoms with van der Waals surface area (Å²) in [6.07, 6.45) is 0. The zero-order valence-corrected chi connectivity index (χ0v) is 8.42. The average Bonchev–Trinajstić information content (AvgIpc) is 2.18. The van der Waals surface area contributed by atoms with E-state index in [4.69, 9.17) is 5.26 Å². The maximum Gasteiger partial charge on any atom is 0.235 e. The summed E-state index contributed by atoms with van der Waals surface area (Å²) in [6.45, 7) is 5.32. The maximum atomic E-state index is 11.3. The van der Waals surface area contributed by atoms with Gasteiger partial charge in [-0.2, -0.15) is 5.26 Å². The molecule has 5 heteroatoms. The Bertz CT molecular complexity index is 235. The number of nitriles is 1. The maximum absolute atomic E-state index is 11.3. The second-order valence-corrected chi connectivity index (χ2v) is 3.46. The highest BCUT2D eigenvalue weighted by atomic mass is 16.2. The van der Waals surface area contributed by atoms with Crippen molar-refractivity contribution < 1.29 is 4.79 Å². The fourth-order valence-corrected chi connectivity index (χ4v) is 1.50. The van der Waals surface area contributed by atoms with E-state index in [1.807, 2.05) is 6.07 Å². The first-order chi connectivity index (χ1) is 6.74. The van der Waals surface area contributed by atoms with Crippen molar-refractivity contribution in [3.8, 4) is 6.07 Å². The molecule has 2 N–H and O–H groups in total. The van der Waals surface area contributed by atoms with E-state index in [9.17, 15) is 4.79 Å². The van der Waals surface area contributed by atoms with Crippen molar-refractivity contribution in [2.24, 2.45) is 0 Å². The monoisotopic (exact) mass is 196 g/mol. The van der Waals surface area contributed by atoms with Crippen LogP contribution in [0.4, 0.5) is 0 Å². The lowest BCUT2D eigenvalue weighted by atomic mass is 10.2. The van der Waals surface area contributed by atoms with Crippen molar-refractivity contribution in [3.63, 3.8) is 0 Å². The van der Waals surface area contributed by atoms with E-state index in [1.54, 1.807) is 0 Å². The van der Waals surface area contributed by atoms with Crippen LogP contribution in [0.15, 0.2) is 0 Å². The van der Waals surface area contributed by atoms with Crippen LogP contribution in [0.1, 0.15) is 6.92 Å². The second kappa shape index (κ2) is 5.58. The largest absolute Gasteiger partial charge is 0.342 e. The molecular weight excluding hydrogens is 180 g/mol. The van der Waals surface area contributed by atoms with Crippen LogP contribution in [0.3, 0.4) is 0 Å². The van der Waals surface area contributed by atoms with Gasteiger partial charge in [-0.1, -0.05) is 0 Å². The van der Waals surface area contributed by atoms with Gasteiger partial charge in [0, 0.05) is 25.7 Å². The van der Waals surface area contributed by atoms with Gasteiger partial charge in [-0.3, -0.25) is 9.69 Å². The summed E-state index contributed by atoms with van der Waals surface area (Å²) in [6, 6.07) is 2.27. The van der Waals surface area contributed by atoms with Crippen molar-refractivity contribution in [1.29, 1.82) is 5.26 Å². The molecule has 1 rings (SSSR count). The highest BCUT2D eigenvalue weighted by Gasteiger charge is 2.19. The first kappa shape index (κ1) is 11.0. The number of hydrogen-bond acceptors (Lipinski definition) is 4. The zero-order chi connectivity index (χ0) is 10.4. The third-order valence-electron chi connectivity index (χ3n) is 2.35. The van der Waals surface area contributed by atoms with E-state index in [1.165, 1.54) is 0 Å². The van der Waals surface area contributed by atoms with E-state index in [2.05, 4.69) is 22.5 Å². The van der Waals surface area contributed by atoms with Gasteiger partial charge in [-0.05, 0) is 6.92 Å². The second-order valence-electron chi connectivity index (χ2n) is 3.46. The van der Waals surface area contributed by atoms with Gasteiger partial charge in [0.15, 0.2) is 0 Å². The normalized spacial score (nSPS) is 22.7. The summed E-state index contributed by atoms with van der Waals surface area (Å²) in [5.74, 6) is -0.0692. The number of amides is 1. The molecule has 0 aliphatic carbocycles. The number of carbonyl (C=O) groups excluding carboxylic acids is 1. The molecule has 0 bridgehead atoms. The molecule has 1 heterocycles. The van der Waals surface area contributed by atoms with Gasteiger partial charge < -0.3 is 10.6 Å². The highest BCUT2D eigenvalue weighted by Crippen LogP contribution is 2.00. The molecule has 0 saturated carbocycles. The highest BCUT2D eigenvalue weighted by molar-refractivity contribution is 5.78. The van der Waals surface area contributed by atoms with Crippen LogP contribution in [-0.4, -0.2) is 49.6 Å². The minimum Gasteiger partial charge on any atom is -0.342 e. The summed E-state index contributed by atoms with van der Waals surface area (Å²) in [5.41, 5.74) is 0. The van der Waals surface area contributed by atoms with E-state index >= 15 is 0 Å². The molecule has 1 amide bonds. The van der Waals surface area contributed by atoms with Gasteiger partial charge >= 0.3 is 0 Å². The van der Waals surface area contributed by atoms with Gasteiger partial charge in [0.2, 0.25) is 5.91 Å². The molecule has 0 aromatic rings. The Kier molecular flexibility index (Phi) is 4.36. The standard InChI is InChI=1S/C9H16N4O/c1-8-6-11-4-5-13(8)7-9(14)12-3-2-10/h8,11H,3-7H2,1H3,(H,12,14)/t8-/m1/s1. The van der Waals surface area contributed by atoms with Crippen molar-refractivity contribution in [3.05, 3.63) is 0 Å². The molecule has 1 saturated heterocycles. The Morgan fingerprint density at radius 2 is 2.57 bits per heavy atom. The first-order valence-electron chi connectivity index (χ1n) is 4.82. The molecule has 78 valence electrons. The van der Waals surface area contributed by atoms with Gasteiger partial charge in [-0.25, -0.2) is 0 Å². The molecule has 1 atom stereocenters. The van der Waals surface area contributed by atoms with E-state index in [0.29, 0.717) is 12.6 Å². The lowest BCUT2D eigenvalue weighted by molar-refractivity contribution is -0.122. The topological polar surface area (TPSA) is 68.2 Å². The van der Waals surface area contributed by atoms with Crippen LogP contribution >= 0.6 is 0 Å². The first-order valence-corrected chi connectivity index (χ1v) is 4.82. The predicted molar refractivity (Wildman–Crippen MR) is 52.5 cm³/mol. The molecule has 0 radical (unpaired) electrons. The number of hydrogen-bond donors (Lipinski definition) is 2. The van der Waals surface area contributed by atoms with Crippen LogP contribution in [0.25, 0.3) is 0 Å². The Hall–Kier alpha value is -1.12. The van der Waals surface area contributed by atoms with Crippen molar-refractivity contribution >= 4 is 5.91 Å². The lowest BCUT2D eigenvalue weighted by Gasteiger charge is -2.33. The summed E-state index contributed by atoms with van der Waals surface area (Å²) < 4.78 is 0. The SMILES string of the molecule is C[C@@H]1CNCCN1CC(=O)NCC#N. The average molecular weight is 196 g/mol. The van der Waals surface area contributed by atoms with Gasteiger partial charge in [0.1, 0.15) is 6.54 Å². The molecule has 0 aromatic carbocycles. The molecule has 1 aliphatic heterocycles. The number of nitrogens with one attached hydrogen (secondary N) is 2. The minimum atomic E-state index is -0.0692. The number of carbonyl (C=O) groups is 1. The summed E-state index contributed by atoms with van der Waals surface area (Å²) >= 11 is 0. The van der Waals surface area contributed by atoms with Gasteiger partial charge in [0.25, 0.3) is 0 Å². The molecular formula is C9H16N4O. The lowest BCUT2D eigenvalue weighted by Crippen LogP contribution is -2.52. The summed E-state index contributed by atoms with van der Waals surface area (Å²) in [7, 11) is 0. The minimum absolute atomic E-state index is 0.0692. The fourth-order valence-electron chi connectivity index (χ4n) is 1.50. The van der Waals surface area contributed by atoms with Crippen LogP contribution in [0.5, 0.6) is 0 Å². The molecule has 14 heavy (non-hydrogen) atoms. The smallest absolute Gasteiger partial charge is 0.235 e. The van der Waals surface area contributed by atoms with Crippen LogP contribution in [-0.2, 0) is 4.79 Å². The summed E-state index contributed by atoms with van der Waals surface area (Å²) in [4.78, 5) is 13.4. The third-order valence-corrected chi connectivity index (χ3v) is 2.35. The van der Waals surface area contributed by atoms with Gasteiger partial charge in [0.05, 0.1) is 12.6 Å². The van der Waals surface area contributed by atoms with E-state index < -0.39 is 0 Å². The Morgan fingerprint density at radius 3 is 3.21 bits per heavy atom. The van der Waals surface area contributed by atoms with Crippen LogP contribution in [0, 0.1) is 11.3 Å². The Balaban J connectivity index is 2.28. The van der Waals surface area contributed by atoms with Crippen molar-refractivity contribution in [2.45, 2.75) is 13.0 Å². The quantitative estimate of drug-likeness (QED) is 0.563. The van der Waals surface area contributed by atoms with E-state index in [0.717, 1.165) is 19.6 Å². The number of rotatable bonds is 3. The molecule has 0 unspecified atom stereocenters. The number of nitrogens with zero attached hydrogens (tertiary/aromatic N) is 2. The van der Waals surface area contributed by atoms with Crippen molar-refractivity contribution in [2.75, 3.05) is 32.7 Å². The zero-order valence-electron chi connectivity index (χ0n) is 8.42. The molecule has 5 nitrogen and oxygen atoms in total. The molecule has 0 aromatic heterocycles. The Labute approximate surface area is 84.1 Å². The summed E-state index contributed by atoms with van der Waals surface area (Å²) in [5, 5.41) is 14.1. The third kappa shape index (κ3) is 3.32. The van der Waals surface area contributed by atoms with Crippen molar-refractivity contribution in [1.82, 2.24) is 15.5 Å². The molecule has 1 aliphatic rings.